The Morgan fingerprint density at radius 1 is 1.29 bits per heavy atom. The molecule has 1 aliphatic rings. The number of nitrogens with zero attached hydrogens (tertiary/aromatic N) is 4. The first-order valence-electron chi connectivity index (χ1n) is 13.1. The number of hydrogen-bond donors (Lipinski definition) is 3. The summed E-state index contributed by atoms with van der Waals surface area (Å²) in [6.07, 6.45) is 4.84. The highest BCUT2D eigenvalue weighted by atomic mass is 16.7. The molecule has 3 amide bonds. The normalized spacial score (nSPS) is 17.2. The van der Waals surface area contributed by atoms with E-state index in [2.05, 4.69) is 17.2 Å². The van der Waals surface area contributed by atoms with Crippen LogP contribution in [0, 0.1) is 6.92 Å². The van der Waals surface area contributed by atoms with E-state index in [1.807, 2.05) is 49.4 Å². The van der Waals surface area contributed by atoms with Gasteiger partial charge in [0.1, 0.15) is 17.5 Å². The molecule has 0 unspecified atom stereocenters. The minimum Gasteiger partial charge on any atom is -0.383 e. The lowest BCUT2D eigenvalue weighted by atomic mass is 10.0. The number of methoxy groups -OCH3 is 1. The maximum absolute atomic E-state index is 13.4. The van der Waals surface area contributed by atoms with Crippen molar-refractivity contribution in [3.63, 3.8) is 0 Å². The molecule has 216 valence electrons. The van der Waals surface area contributed by atoms with Crippen LogP contribution in [0.1, 0.15) is 22.8 Å². The number of aromatic nitrogens is 3. The SMILES string of the molecule is C=C(/C=C\C)[C@@H]1ON(CCOC)C[C@H]1NC(=O)Nc1c(C)c(-c2cc(C(N)=O)c(=O)n(C)c2)nn1-c1ccccc1. The van der Waals surface area contributed by atoms with E-state index in [4.69, 9.17) is 20.4 Å². The Balaban J connectivity index is 1.68. The summed E-state index contributed by atoms with van der Waals surface area (Å²) in [5.74, 6) is -0.421. The number of anilines is 1. The van der Waals surface area contributed by atoms with Crippen molar-refractivity contribution in [1.29, 1.82) is 0 Å². The predicted molar refractivity (Wildman–Crippen MR) is 156 cm³/mol. The van der Waals surface area contributed by atoms with Crippen LogP contribution < -0.4 is 21.9 Å². The van der Waals surface area contributed by atoms with E-state index in [0.717, 1.165) is 5.57 Å². The van der Waals surface area contributed by atoms with Crippen molar-refractivity contribution in [3.8, 4) is 16.9 Å². The summed E-state index contributed by atoms with van der Waals surface area (Å²) in [7, 11) is 3.15. The first-order valence-corrected chi connectivity index (χ1v) is 13.1. The van der Waals surface area contributed by atoms with Crippen molar-refractivity contribution in [1.82, 2.24) is 24.7 Å². The fourth-order valence-corrected chi connectivity index (χ4v) is 4.69. The van der Waals surface area contributed by atoms with Gasteiger partial charge in [0.2, 0.25) is 0 Å². The van der Waals surface area contributed by atoms with E-state index in [1.165, 1.54) is 17.7 Å². The maximum atomic E-state index is 13.4. The Morgan fingerprint density at radius 3 is 2.68 bits per heavy atom. The number of aryl methyl sites for hydroxylation is 1. The number of carbonyl (C=O) groups is 2. The Kier molecular flexibility index (Phi) is 9.17. The van der Waals surface area contributed by atoms with Gasteiger partial charge >= 0.3 is 6.03 Å². The quantitative estimate of drug-likeness (QED) is 0.323. The van der Waals surface area contributed by atoms with Crippen molar-refractivity contribution in [2.45, 2.75) is 26.0 Å². The molecule has 0 aliphatic carbocycles. The number of benzene rings is 1. The number of pyridine rings is 1. The maximum Gasteiger partial charge on any atom is 0.320 e. The molecular formula is C29H35N7O5. The number of primary amides is 1. The fourth-order valence-electron chi connectivity index (χ4n) is 4.69. The Hall–Kier alpha value is -4.52. The smallest absolute Gasteiger partial charge is 0.320 e. The highest BCUT2D eigenvalue weighted by Gasteiger charge is 2.36. The number of urea groups is 1. The van der Waals surface area contributed by atoms with Gasteiger partial charge < -0.3 is 20.4 Å². The molecule has 1 saturated heterocycles. The molecule has 0 spiro atoms. The molecule has 0 bridgehead atoms. The first kappa shape index (κ1) is 29.5. The van der Waals surface area contributed by atoms with Gasteiger partial charge in [-0.15, -0.1) is 0 Å². The van der Waals surface area contributed by atoms with Gasteiger partial charge in [-0.05, 0) is 37.6 Å². The lowest BCUT2D eigenvalue weighted by Gasteiger charge is -2.19. The largest absolute Gasteiger partial charge is 0.383 e. The van der Waals surface area contributed by atoms with Gasteiger partial charge in [-0.1, -0.05) is 36.9 Å². The molecule has 1 aliphatic heterocycles. The van der Waals surface area contributed by atoms with E-state index in [-0.39, 0.29) is 11.6 Å². The minimum atomic E-state index is -0.835. The van der Waals surface area contributed by atoms with Crippen LogP contribution in [0.25, 0.3) is 16.9 Å². The van der Waals surface area contributed by atoms with Crippen LogP contribution >= 0.6 is 0 Å². The van der Waals surface area contributed by atoms with Gasteiger partial charge in [0, 0.05) is 44.6 Å². The summed E-state index contributed by atoms with van der Waals surface area (Å²) in [5.41, 5.74) is 7.81. The average molecular weight is 562 g/mol. The molecule has 12 nitrogen and oxygen atoms in total. The number of allylic oxidation sites excluding steroid dienone is 1. The summed E-state index contributed by atoms with van der Waals surface area (Å²) in [4.78, 5) is 43.8. The van der Waals surface area contributed by atoms with Gasteiger partial charge in [0.05, 0.1) is 24.0 Å². The summed E-state index contributed by atoms with van der Waals surface area (Å²) >= 11 is 0. The van der Waals surface area contributed by atoms with E-state index in [9.17, 15) is 14.4 Å². The third-order valence-electron chi connectivity index (χ3n) is 6.71. The lowest BCUT2D eigenvalue weighted by Crippen LogP contribution is -2.45. The lowest BCUT2D eigenvalue weighted by molar-refractivity contribution is -0.141. The topological polar surface area (TPSA) is 146 Å². The molecule has 0 saturated carbocycles. The zero-order valence-corrected chi connectivity index (χ0v) is 23.6. The number of hydrogen-bond acceptors (Lipinski definition) is 7. The van der Waals surface area contributed by atoms with Crippen molar-refractivity contribution < 1.29 is 19.2 Å². The van der Waals surface area contributed by atoms with Crippen LogP contribution in [-0.4, -0.2) is 70.3 Å². The van der Waals surface area contributed by atoms with Crippen LogP contribution in [0.5, 0.6) is 0 Å². The van der Waals surface area contributed by atoms with Crippen LogP contribution in [0.15, 0.2) is 71.7 Å². The van der Waals surface area contributed by atoms with Crippen molar-refractivity contribution in [2.24, 2.45) is 12.8 Å². The molecule has 2 aromatic heterocycles. The van der Waals surface area contributed by atoms with Crippen molar-refractivity contribution in [3.05, 3.63) is 88.4 Å². The van der Waals surface area contributed by atoms with E-state index >= 15 is 0 Å². The third-order valence-corrected chi connectivity index (χ3v) is 6.71. The summed E-state index contributed by atoms with van der Waals surface area (Å²) < 4.78 is 8.06. The van der Waals surface area contributed by atoms with Gasteiger partial charge in [-0.2, -0.15) is 10.2 Å². The van der Waals surface area contributed by atoms with E-state index in [1.54, 1.807) is 30.0 Å². The molecule has 0 radical (unpaired) electrons. The molecule has 41 heavy (non-hydrogen) atoms. The number of ether oxygens (including phenoxy) is 1. The van der Waals surface area contributed by atoms with Crippen molar-refractivity contribution in [2.75, 3.05) is 32.1 Å². The number of hydroxylamine groups is 2. The highest BCUT2D eigenvalue weighted by Crippen LogP contribution is 2.31. The average Bonchev–Trinajstić information content (AvgIpc) is 3.50. The van der Waals surface area contributed by atoms with Gasteiger partial charge in [0.15, 0.2) is 0 Å². The molecule has 2 atom stereocenters. The monoisotopic (exact) mass is 561 g/mol. The molecule has 3 heterocycles. The second kappa shape index (κ2) is 12.8. The summed E-state index contributed by atoms with van der Waals surface area (Å²) in [6.45, 7) is 9.24. The molecular weight excluding hydrogens is 526 g/mol. The van der Waals surface area contributed by atoms with E-state index < -0.39 is 23.6 Å². The van der Waals surface area contributed by atoms with Crippen LogP contribution in [0.3, 0.4) is 0 Å². The zero-order chi connectivity index (χ0) is 29.7. The Labute approximate surface area is 238 Å². The summed E-state index contributed by atoms with van der Waals surface area (Å²) in [5, 5.41) is 12.5. The fraction of sp³-hybridized carbons (Fsp3) is 0.310. The Morgan fingerprint density at radius 2 is 2.02 bits per heavy atom. The van der Waals surface area contributed by atoms with Gasteiger partial charge in [-0.3, -0.25) is 19.7 Å². The number of rotatable bonds is 10. The molecule has 4 N–H and O–H groups in total. The number of nitrogens with one attached hydrogen (secondary N) is 2. The predicted octanol–water partition coefficient (Wildman–Crippen LogP) is 2.53. The number of carbonyl (C=O) groups excluding carboxylic acids is 2. The van der Waals surface area contributed by atoms with Crippen LogP contribution in [0.4, 0.5) is 10.6 Å². The minimum absolute atomic E-state index is 0.155. The third kappa shape index (κ3) is 6.46. The number of para-hydroxylation sites is 1. The number of amides is 3. The van der Waals surface area contributed by atoms with Gasteiger partial charge in [-0.25, -0.2) is 9.48 Å². The molecule has 12 heteroatoms. The summed E-state index contributed by atoms with van der Waals surface area (Å²) in [6, 6.07) is 9.86. The molecule has 1 fully saturated rings. The molecule has 3 aromatic rings. The second-order valence-electron chi connectivity index (χ2n) is 9.68. The standard InChI is InChI=1S/C29H35N7O5/c1-6-10-18(2)25-23(17-35(41-25)13-14-40-5)31-29(39)32-27-19(3)24(33-36(27)21-11-8-7-9-12-21)20-15-22(26(30)37)28(38)34(4)16-20/h6-12,15-16,23,25H,2,13-14,17H2,1,3-5H3,(H2,30,37)(H2,31,32,39)/b10-6-/t23-,25+/m1/s1. The number of nitrogens with two attached hydrogens (primary N) is 1. The first-order chi connectivity index (χ1) is 19.6. The van der Waals surface area contributed by atoms with Crippen LogP contribution in [0.2, 0.25) is 0 Å². The van der Waals surface area contributed by atoms with Gasteiger partial charge in [0.25, 0.3) is 11.5 Å². The Bertz CT molecular complexity index is 1530. The molecule has 1 aromatic carbocycles. The van der Waals surface area contributed by atoms with E-state index in [0.29, 0.717) is 48.0 Å². The highest BCUT2D eigenvalue weighted by molar-refractivity contribution is 5.94. The molecule has 4 rings (SSSR count). The second-order valence-corrected chi connectivity index (χ2v) is 9.68. The zero-order valence-electron chi connectivity index (χ0n) is 23.6. The van der Waals surface area contributed by atoms with Crippen molar-refractivity contribution >= 4 is 17.8 Å². The van der Waals surface area contributed by atoms with Crippen LogP contribution in [-0.2, 0) is 16.6 Å².